The van der Waals surface area contributed by atoms with Crippen molar-refractivity contribution in [3.05, 3.63) is 0 Å². The van der Waals surface area contributed by atoms with Crippen LogP contribution in [-0.4, -0.2) is 34.2 Å². The van der Waals surface area contributed by atoms with Gasteiger partial charge in [0.2, 0.25) is 0 Å². The number of likely N-dealkylation sites (tertiary alicyclic amines) is 1. The van der Waals surface area contributed by atoms with Gasteiger partial charge in [-0.2, -0.15) is 0 Å². The lowest BCUT2D eigenvalue weighted by molar-refractivity contribution is -0.0332. The van der Waals surface area contributed by atoms with Gasteiger partial charge in [0.05, 0.1) is 5.60 Å². The summed E-state index contributed by atoms with van der Waals surface area (Å²) in [6.45, 7) is 5.58. The van der Waals surface area contributed by atoms with Gasteiger partial charge >= 0.3 is 0 Å². The van der Waals surface area contributed by atoms with E-state index in [0.717, 1.165) is 24.9 Å². The van der Waals surface area contributed by atoms with E-state index in [1.54, 1.807) is 0 Å². The summed E-state index contributed by atoms with van der Waals surface area (Å²) in [5, 5.41) is 11.1. The number of nitrogens with zero attached hydrogens (tertiary/aromatic N) is 1. The number of hydrogen-bond acceptors (Lipinski definition) is 2. The molecule has 104 valence electrons. The first-order valence-electron chi connectivity index (χ1n) is 8.10. The number of hydrogen-bond donors (Lipinski definition) is 1. The molecule has 0 aromatic heterocycles. The molecule has 1 saturated heterocycles. The first kappa shape index (κ1) is 12.9. The van der Waals surface area contributed by atoms with Crippen LogP contribution in [0.2, 0.25) is 0 Å². The van der Waals surface area contributed by atoms with E-state index in [0.29, 0.717) is 12.0 Å². The highest BCUT2D eigenvalue weighted by Crippen LogP contribution is 2.45. The minimum absolute atomic E-state index is 0.365. The van der Waals surface area contributed by atoms with Gasteiger partial charge in [0, 0.05) is 18.6 Å². The van der Waals surface area contributed by atoms with Crippen LogP contribution in [0.15, 0.2) is 0 Å². The van der Waals surface area contributed by atoms with Crippen molar-refractivity contribution >= 4 is 0 Å². The van der Waals surface area contributed by atoms with E-state index >= 15 is 0 Å². The zero-order valence-corrected chi connectivity index (χ0v) is 12.1. The Balaban J connectivity index is 1.66. The fraction of sp³-hybridized carbons (Fsp3) is 1.00. The molecule has 2 heteroatoms. The molecule has 3 fully saturated rings. The van der Waals surface area contributed by atoms with Gasteiger partial charge in [0.1, 0.15) is 0 Å². The summed E-state index contributed by atoms with van der Waals surface area (Å²) in [5.41, 5.74) is -0.365. The monoisotopic (exact) mass is 251 g/mol. The molecule has 0 aromatic rings. The number of aliphatic hydroxyl groups is 1. The van der Waals surface area contributed by atoms with Crippen LogP contribution in [0.3, 0.4) is 0 Å². The summed E-state index contributed by atoms with van der Waals surface area (Å²) >= 11 is 0. The lowest BCUT2D eigenvalue weighted by Crippen LogP contribution is -2.43. The van der Waals surface area contributed by atoms with Crippen LogP contribution in [0.4, 0.5) is 0 Å². The summed E-state index contributed by atoms with van der Waals surface area (Å²) in [6.07, 6.45) is 10.3. The molecule has 4 atom stereocenters. The highest BCUT2D eigenvalue weighted by molar-refractivity contribution is 5.04. The molecular formula is C16H29NO. The molecule has 0 spiro atoms. The summed E-state index contributed by atoms with van der Waals surface area (Å²) in [4.78, 5) is 2.59. The van der Waals surface area contributed by atoms with E-state index < -0.39 is 0 Å². The summed E-state index contributed by atoms with van der Waals surface area (Å²) in [6, 6.07) is 1.41. The second-order valence-electron chi connectivity index (χ2n) is 7.20. The van der Waals surface area contributed by atoms with Gasteiger partial charge in [-0.15, -0.1) is 0 Å². The topological polar surface area (TPSA) is 23.5 Å². The minimum Gasteiger partial charge on any atom is -0.388 e. The van der Waals surface area contributed by atoms with Crippen molar-refractivity contribution in [1.82, 2.24) is 4.90 Å². The number of rotatable bonds is 3. The highest BCUT2D eigenvalue weighted by atomic mass is 16.3. The molecule has 0 bridgehead atoms. The van der Waals surface area contributed by atoms with Crippen molar-refractivity contribution in [2.75, 3.05) is 6.54 Å². The van der Waals surface area contributed by atoms with Gasteiger partial charge in [-0.25, -0.2) is 0 Å². The third-order valence-corrected chi connectivity index (χ3v) is 5.81. The van der Waals surface area contributed by atoms with Crippen LogP contribution >= 0.6 is 0 Å². The quantitative estimate of drug-likeness (QED) is 0.832. The average molecular weight is 251 g/mol. The van der Waals surface area contributed by atoms with E-state index in [1.165, 1.54) is 44.9 Å². The Morgan fingerprint density at radius 3 is 2.67 bits per heavy atom. The van der Waals surface area contributed by atoms with E-state index in [1.807, 2.05) is 0 Å². The molecule has 1 aliphatic heterocycles. The minimum atomic E-state index is -0.365. The third kappa shape index (κ3) is 2.34. The summed E-state index contributed by atoms with van der Waals surface area (Å²) in [7, 11) is 0. The standard InChI is InChI=1S/C16H29NO/c1-3-13-5-4-6-14(9-13)16(18)10-12(2)17(11-16)15-7-8-15/h12-15,18H,3-11H2,1-2H3. The fourth-order valence-electron chi connectivity index (χ4n) is 4.51. The van der Waals surface area contributed by atoms with Gasteiger partial charge in [0.25, 0.3) is 0 Å². The fourth-order valence-corrected chi connectivity index (χ4v) is 4.51. The summed E-state index contributed by atoms with van der Waals surface area (Å²) in [5.74, 6) is 1.44. The van der Waals surface area contributed by atoms with Crippen LogP contribution in [-0.2, 0) is 0 Å². The molecule has 0 radical (unpaired) electrons. The normalized spacial score (nSPS) is 46.5. The molecule has 18 heavy (non-hydrogen) atoms. The van der Waals surface area contributed by atoms with Crippen molar-refractivity contribution < 1.29 is 5.11 Å². The molecule has 3 aliphatic rings. The predicted octanol–water partition coefficient (Wildman–Crippen LogP) is 3.19. The molecule has 2 saturated carbocycles. The van der Waals surface area contributed by atoms with Crippen LogP contribution < -0.4 is 0 Å². The van der Waals surface area contributed by atoms with Crippen molar-refractivity contribution in [3.63, 3.8) is 0 Å². The molecular weight excluding hydrogens is 222 g/mol. The third-order valence-electron chi connectivity index (χ3n) is 5.81. The Morgan fingerprint density at radius 2 is 2.00 bits per heavy atom. The van der Waals surface area contributed by atoms with Gasteiger partial charge in [-0.1, -0.05) is 26.2 Å². The lowest BCUT2D eigenvalue weighted by atomic mass is 9.71. The zero-order valence-electron chi connectivity index (χ0n) is 12.1. The first-order valence-corrected chi connectivity index (χ1v) is 8.10. The predicted molar refractivity (Wildman–Crippen MR) is 74.5 cm³/mol. The molecule has 2 aliphatic carbocycles. The lowest BCUT2D eigenvalue weighted by Gasteiger charge is -2.38. The maximum absolute atomic E-state index is 11.1. The second kappa shape index (κ2) is 4.79. The molecule has 1 N–H and O–H groups in total. The van der Waals surface area contributed by atoms with Crippen LogP contribution in [0.5, 0.6) is 0 Å². The number of β-amino-alcohol motifs (C(OH)–C–C–N with tert-alkyl or cyclic N) is 1. The van der Waals surface area contributed by atoms with Crippen molar-refractivity contribution in [3.8, 4) is 0 Å². The molecule has 0 aromatic carbocycles. The maximum Gasteiger partial charge on any atom is 0.0817 e. The molecule has 2 nitrogen and oxygen atoms in total. The highest BCUT2D eigenvalue weighted by Gasteiger charge is 2.50. The van der Waals surface area contributed by atoms with Gasteiger partial charge in [0.15, 0.2) is 0 Å². The average Bonchev–Trinajstić information content (AvgIpc) is 3.16. The SMILES string of the molecule is CCC1CCCC(C2(O)CC(C)N(C3CC3)C2)C1. The van der Waals surface area contributed by atoms with E-state index in [2.05, 4.69) is 18.7 Å². The van der Waals surface area contributed by atoms with Crippen molar-refractivity contribution in [2.45, 2.75) is 82.9 Å². The van der Waals surface area contributed by atoms with Crippen LogP contribution in [0, 0.1) is 11.8 Å². The van der Waals surface area contributed by atoms with Crippen LogP contribution in [0.1, 0.15) is 65.2 Å². The van der Waals surface area contributed by atoms with Crippen molar-refractivity contribution in [2.24, 2.45) is 11.8 Å². The Morgan fingerprint density at radius 1 is 1.22 bits per heavy atom. The summed E-state index contributed by atoms with van der Waals surface area (Å²) < 4.78 is 0. The molecule has 3 rings (SSSR count). The second-order valence-corrected chi connectivity index (χ2v) is 7.20. The van der Waals surface area contributed by atoms with E-state index in [4.69, 9.17) is 0 Å². The zero-order chi connectivity index (χ0) is 12.8. The Bertz CT molecular complexity index is 301. The molecule has 0 amide bonds. The molecule has 4 unspecified atom stereocenters. The first-order chi connectivity index (χ1) is 8.62. The Labute approximate surface area is 112 Å². The molecule has 1 heterocycles. The van der Waals surface area contributed by atoms with E-state index in [9.17, 15) is 5.11 Å². The van der Waals surface area contributed by atoms with Crippen molar-refractivity contribution in [1.29, 1.82) is 0 Å². The van der Waals surface area contributed by atoms with Gasteiger partial charge in [-0.05, 0) is 50.9 Å². The Kier molecular flexibility index (Phi) is 3.44. The smallest absolute Gasteiger partial charge is 0.0817 e. The van der Waals surface area contributed by atoms with E-state index in [-0.39, 0.29) is 5.60 Å². The Hall–Kier alpha value is -0.0800. The van der Waals surface area contributed by atoms with Gasteiger partial charge in [-0.3, -0.25) is 4.90 Å². The maximum atomic E-state index is 11.1. The van der Waals surface area contributed by atoms with Crippen LogP contribution in [0.25, 0.3) is 0 Å². The largest absolute Gasteiger partial charge is 0.388 e. The van der Waals surface area contributed by atoms with Gasteiger partial charge < -0.3 is 5.11 Å².